The minimum absolute atomic E-state index is 0.0468. The molecule has 3 heterocycles. The summed E-state index contributed by atoms with van der Waals surface area (Å²) in [6, 6.07) is 16.5. The van der Waals surface area contributed by atoms with Crippen LogP contribution in [0.1, 0.15) is 26.6 Å². The molecule has 0 aliphatic carbocycles. The lowest BCUT2D eigenvalue weighted by Crippen LogP contribution is -2.37. The number of morpholine rings is 1. The molecule has 1 aliphatic heterocycles. The molecule has 1 aliphatic rings. The van der Waals surface area contributed by atoms with Crippen LogP contribution in [0.3, 0.4) is 0 Å². The third-order valence-corrected chi connectivity index (χ3v) is 7.44. The minimum Gasteiger partial charge on any atom is -0.496 e. The third-order valence-electron chi connectivity index (χ3n) is 6.31. The maximum atomic E-state index is 14.8. The average Bonchev–Trinajstić information content (AvgIpc) is 3.38. The van der Waals surface area contributed by atoms with Crippen molar-refractivity contribution < 1.29 is 18.7 Å². The third kappa shape index (κ3) is 5.19. The van der Waals surface area contributed by atoms with Crippen LogP contribution in [0.15, 0.2) is 54.6 Å². The van der Waals surface area contributed by atoms with Gasteiger partial charge < -0.3 is 20.1 Å². The van der Waals surface area contributed by atoms with E-state index in [0.29, 0.717) is 49.9 Å². The number of anilines is 1. The van der Waals surface area contributed by atoms with Crippen molar-refractivity contribution in [1.29, 1.82) is 0 Å². The van der Waals surface area contributed by atoms with Gasteiger partial charge in [-0.3, -0.25) is 4.79 Å². The van der Waals surface area contributed by atoms with Crippen molar-refractivity contribution in [3.05, 3.63) is 82.2 Å². The van der Waals surface area contributed by atoms with Crippen molar-refractivity contribution in [2.75, 3.05) is 38.3 Å². The van der Waals surface area contributed by atoms with Crippen molar-refractivity contribution in [3.63, 3.8) is 0 Å². The van der Waals surface area contributed by atoms with E-state index in [9.17, 15) is 9.18 Å². The molecular formula is C28H27FN4O3S. The van der Waals surface area contributed by atoms with E-state index in [0.717, 1.165) is 26.6 Å². The Hall–Kier alpha value is -3.82. The number of rotatable bonds is 7. The number of benzene rings is 2. The normalized spacial score (nSPS) is 13.5. The summed E-state index contributed by atoms with van der Waals surface area (Å²) in [6.45, 7) is 4.24. The average molecular weight is 519 g/mol. The molecular weight excluding hydrogens is 491 g/mol. The number of primary amides is 1. The van der Waals surface area contributed by atoms with Gasteiger partial charge in [-0.1, -0.05) is 12.1 Å². The topological polar surface area (TPSA) is 90.6 Å². The summed E-state index contributed by atoms with van der Waals surface area (Å²) in [4.78, 5) is 26.1. The van der Waals surface area contributed by atoms with Gasteiger partial charge in [0, 0.05) is 34.8 Å². The summed E-state index contributed by atoms with van der Waals surface area (Å²) in [5, 5.41) is 0. The number of carbonyl (C=O) groups excluding carboxylic acids is 1. The van der Waals surface area contributed by atoms with E-state index in [-0.39, 0.29) is 11.3 Å². The molecule has 1 fully saturated rings. The highest BCUT2D eigenvalue weighted by molar-refractivity contribution is 7.15. The number of hydrogen-bond acceptors (Lipinski definition) is 7. The van der Waals surface area contributed by atoms with Crippen LogP contribution in [0.4, 0.5) is 10.2 Å². The molecule has 37 heavy (non-hydrogen) atoms. The quantitative estimate of drug-likeness (QED) is 0.376. The molecule has 9 heteroatoms. The molecule has 1 amide bonds. The number of methoxy groups -OCH3 is 1. The lowest BCUT2D eigenvalue weighted by Gasteiger charge is -2.30. The Morgan fingerprint density at radius 3 is 2.62 bits per heavy atom. The highest BCUT2D eigenvalue weighted by Crippen LogP contribution is 2.35. The summed E-state index contributed by atoms with van der Waals surface area (Å²) in [5.41, 5.74) is 8.97. The molecule has 2 N–H and O–H groups in total. The fourth-order valence-electron chi connectivity index (χ4n) is 4.43. The summed E-state index contributed by atoms with van der Waals surface area (Å²) < 4.78 is 25.7. The van der Waals surface area contributed by atoms with E-state index in [4.69, 9.17) is 20.2 Å². The number of halogens is 1. The maximum Gasteiger partial charge on any atom is 0.269 e. The predicted octanol–water partition coefficient (Wildman–Crippen LogP) is 4.85. The van der Waals surface area contributed by atoms with Crippen LogP contribution >= 0.6 is 11.3 Å². The van der Waals surface area contributed by atoms with Crippen LogP contribution in [0.5, 0.6) is 5.75 Å². The predicted molar refractivity (Wildman–Crippen MR) is 143 cm³/mol. The molecule has 2 aromatic heterocycles. The highest BCUT2D eigenvalue weighted by atomic mass is 32.1. The number of nitrogens with two attached hydrogens (primary N) is 1. The van der Waals surface area contributed by atoms with Gasteiger partial charge in [0.15, 0.2) is 11.5 Å². The Kier molecular flexibility index (Phi) is 7.16. The van der Waals surface area contributed by atoms with Crippen LogP contribution in [-0.2, 0) is 11.2 Å². The maximum absolute atomic E-state index is 14.8. The van der Waals surface area contributed by atoms with Gasteiger partial charge >= 0.3 is 0 Å². The molecule has 0 atom stereocenters. The van der Waals surface area contributed by atoms with Crippen LogP contribution in [0, 0.1) is 12.7 Å². The molecule has 0 bridgehead atoms. The van der Waals surface area contributed by atoms with Gasteiger partial charge in [0.2, 0.25) is 0 Å². The fraction of sp³-hybridized carbons (Fsp3) is 0.250. The zero-order chi connectivity index (χ0) is 25.9. The zero-order valence-electron chi connectivity index (χ0n) is 20.7. The van der Waals surface area contributed by atoms with Gasteiger partial charge in [0.1, 0.15) is 17.3 Å². The van der Waals surface area contributed by atoms with E-state index in [1.807, 2.05) is 30.0 Å². The summed E-state index contributed by atoms with van der Waals surface area (Å²) >= 11 is 1.61. The number of hydrogen-bond donors (Lipinski definition) is 1. The second-order valence-electron chi connectivity index (χ2n) is 8.76. The number of thiophene rings is 1. The first-order valence-electron chi connectivity index (χ1n) is 12.0. The molecule has 5 rings (SSSR count). The Morgan fingerprint density at radius 2 is 1.92 bits per heavy atom. The van der Waals surface area contributed by atoms with Crippen molar-refractivity contribution in [2.24, 2.45) is 5.73 Å². The van der Waals surface area contributed by atoms with E-state index in [1.54, 1.807) is 36.6 Å². The van der Waals surface area contributed by atoms with Gasteiger partial charge in [-0.05, 0) is 60.5 Å². The number of ether oxygens (including phenoxy) is 2. The molecule has 2 aromatic carbocycles. The zero-order valence-corrected chi connectivity index (χ0v) is 21.5. The molecule has 7 nitrogen and oxygen atoms in total. The van der Waals surface area contributed by atoms with Crippen LogP contribution < -0.4 is 15.4 Å². The largest absolute Gasteiger partial charge is 0.496 e. The van der Waals surface area contributed by atoms with Crippen molar-refractivity contribution in [2.45, 2.75) is 13.3 Å². The lowest BCUT2D eigenvalue weighted by molar-refractivity contribution is 0.0994. The SMILES string of the molecule is COc1ccc(-c2ccc(Cc3nc(N4CCOCC4)c(-c4ccccc4F)nc3C(N)=O)s2)cc1C. The van der Waals surface area contributed by atoms with Crippen molar-refractivity contribution in [3.8, 4) is 27.4 Å². The second kappa shape index (κ2) is 10.7. The first-order chi connectivity index (χ1) is 17.9. The van der Waals surface area contributed by atoms with Gasteiger partial charge in [-0.2, -0.15) is 0 Å². The first kappa shape index (κ1) is 24.9. The van der Waals surface area contributed by atoms with Crippen molar-refractivity contribution in [1.82, 2.24) is 9.97 Å². The van der Waals surface area contributed by atoms with Gasteiger partial charge in [-0.15, -0.1) is 11.3 Å². The molecule has 0 saturated carbocycles. The van der Waals surface area contributed by atoms with Gasteiger partial charge in [0.05, 0.1) is 26.0 Å². The smallest absolute Gasteiger partial charge is 0.269 e. The van der Waals surface area contributed by atoms with E-state index in [1.165, 1.54) is 6.07 Å². The van der Waals surface area contributed by atoms with Crippen LogP contribution in [0.25, 0.3) is 21.7 Å². The van der Waals surface area contributed by atoms with Crippen LogP contribution in [0.2, 0.25) is 0 Å². The van der Waals surface area contributed by atoms with E-state index >= 15 is 0 Å². The Balaban J connectivity index is 1.55. The molecule has 190 valence electrons. The van der Waals surface area contributed by atoms with Gasteiger partial charge in [-0.25, -0.2) is 14.4 Å². The van der Waals surface area contributed by atoms with Crippen LogP contribution in [-0.4, -0.2) is 49.3 Å². The lowest BCUT2D eigenvalue weighted by atomic mass is 10.1. The molecule has 0 unspecified atom stereocenters. The summed E-state index contributed by atoms with van der Waals surface area (Å²) in [5.74, 6) is 0.229. The summed E-state index contributed by atoms with van der Waals surface area (Å²) in [6.07, 6.45) is 0.375. The fourth-order valence-corrected chi connectivity index (χ4v) is 5.44. The molecule has 4 aromatic rings. The van der Waals surface area contributed by atoms with E-state index in [2.05, 4.69) is 17.1 Å². The number of aromatic nitrogens is 2. The summed E-state index contributed by atoms with van der Waals surface area (Å²) in [7, 11) is 1.66. The van der Waals surface area contributed by atoms with Crippen molar-refractivity contribution >= 4 is 23.1 Å². The van der Waals surface area contributed by atoms with Gasteiger partial charge in [0.25, 0.3) is 5.91 Å². The number of aryl methyl sites for hydroxylation is 1. The molecule has 0 spiro atoms. The Morgan fingerprint density at radius 1 is 1.14 bits per heavy atom. The second-order valence-corrected chi connectivity index (χ2v) is 9.93. The Bertz CT molecular complexity index is 1450. The monoisotopic (exact) mass is 518 g/mol. The molecule has 1 saturated heterocycles. The minimum atomic E-state index is -0.698. The Labute approximate surface area is 218 Å². The number of nitrogens with zero attached hydrogens (tertiary/aromatic N) is 3. The standard InChI is InChI=1S/C28H27FN4O3S/c1-17-15-18(7-9-23(17)35-2)24-10-8-19(37-24)16-22-26(27(30)34)32-25(20-5-3-4-6-21(20)29)28(31-22)33-11-13-36-14-12-33/h3-10,15H,11-14,16H2,1-2H3,(H2,30,34). The van der Waals surface area contributed by atoms with E-state index < -0.39 is 11.7 Å². The number of amides is 1. The molecule has 0 radical (unpaired) electrons. The first-order valence-corrected chi connectivity index (χ1v) is 12.8. The highest BCUT2D eigenvalue weighted by Gasteiger charge is 2.25. The number of carbonyl (C=O) groups is 1.